The third-order valence-electron chi connectivity index (χ3n) is 4.31. The molecule has 5 heteroatoms. The first-order chi connectivity index (χ1) is 9.98. The Morgan fingerprint density at radius 1 is 1.48 bits per heavy atom. The molecule has 1 aliphatic heterocycles. The number of hydrogen-bond acceptors (Lipinski definition) is 4. The summed E-state index contributed by atoms with van der Waals surface area (Å²) in [7, 11) is 2.14. The van der Waals surface area contributed by atoms with Crippen molar-refractivity contribution in [3.63, 3.8) is 0 Å². The van der Waals surface area contributed by atoms with Crippen molar-refractivity contribution < 1.29 is 9.53 Å². The van der Waals surface area contributed by atoms with Crippen molar-refractivity contribution in [2.45, 2.75) is 64.0 Å². The van der Waals surface area contributed by atoms with Gasteiger partial charge in [0.1, 0.15) is 0 Å². The molecule has 124 valence electrons. The van der Waals surface area contributed by atoms with E-state index in [1.807, 2.05) is 6.92 Å². The van der Waals surface area contributed by atoms with Crippen LogP contribution in [0.25, 0.3) is 0 Å². The maximum atomic E-state index is 11.6. The number of hydrogen-bond donors (Lipinski definition) is 2. The lowest BCUT2D eigenvalue weighted by Gasteiger charge is -2.28. The fraction of sp³-hybridized carbons (Fsp3) is 0.938. The fourth-order valence-corrected chi connectivity index (χ4v) is 2.79. The average molecular weight is 299 g/mol. The minimum Gasteiger partial charge on any atom is -0.377 e. The maximum absolute atomic E-state index is 11.6. The molecule has 1 heterocycles. The second kappa shape index (κ2) is 9.38. The molecule has 0 aromatic rings. The number of carbonyl (C=O) groups excluding carboxylic acids is 1. The molecule has 0 aromatic carbocycles. The molecule has 3 N–H and O–H groups in total. The smallest absolute Gasteiger partial charge is 0.237 e. The van der Waals surface area contributed by atoms with Crippen LogP contribution >= 0.6 is 0 Å². The van der Waals surface area contributed by atoms with Crippen LogP contribution in [0.15, 0.2) is 0 Å². The molecule has 0 saturated carbocycles. The minimum atomic E-state index is -0.566. The first-order valence-electron chi connectivity index (χ1n) is 8.33. The van der Waals surface area contributed by atoms with Crippen LogP contribution in [0, 0.1) is 0 Å². The largest absolute Gasteiger partial charge is 0.377 e. The zero-order chi connectivity index (χ0) is 15.7. The van der Waals surface area contributed by atoms with Gasteiger partial charge in [0, 0.05) is 13.2 Å². The van der Waals surface area contributed by atoms with Crippen molar-refractivity contribution in [1.82, 2.24) is 10.2 Å². The van der Waals surface area contributed by atoms with Crippen molar-refractivity contribution in [1.29, 1.82) is 0 Å². The average Bonchev–Trinajstić information content (AvgIpc) is 2.94. The molecule has 1 fully saturated rings. The van der Waals surface area contributed by atoms with Gasteiger partial charge in [-0.15, -0.1) is 0 Å². The summed E-state index contributed by atoms with van der Waals surface area (Å²) < 4.78 is 5.65. The van der Waals surface area contributed by atoms with Gasteiger partial charge in [0.2, 0.25) is 5.91 Å². The molecule has 1 aliphatic rings. The molecular formula is C16H33N3O2. The summed E-state index contributed by atoms with van der Waals surface area (Å²) >= 11 is 0. The Hall–Kier alpha value is -0.650. The molecule has 0 aliphatic carbocycles. The number of nitrogens with one attached hydrogen (secondary N) is 1. The molecule has 5 nitrogen and oxygen atoms in total. The lowest BCUT2D eigenvalue weighted by atomic mass is 9.93. The van der Waals surface area contributed by atoms with Crippen LogP contribution in [0.2, 0.25) is 0 Å². The Balaban J connectivity index is 2.19. The summed E-state index contributed by atoms with van der Waals surface area (Å²) in [6.45, 7) is 7.82. The van der Waals surface area contributed by atoms with Crippen LogP contribution in [0.3, 0.4) is 0 Å². The van der Waals surface area contributed by atoms with E-state index in [1.54, 1.807) is 0 Å². The summed E-state index contributed by atoms with van der Waals surface area (Å²) in [6, 6.07) is 0. The second-order valence-corrected chi connectivity index (χ2v) is 6.48. The Labute approximate surface area is 129 Å². The predicted molar refractivity (Wildman–Crippen MR) is 86.2 cm³/mol. The first-order valence-corrected chi connectivity index (χ1v) is 8.33. The van der Waals surface area contributed by atoms with Crippen LogP contribution in [0.5, 0.6) is 0 Å². The van der Waals surface area contributed by atoms with Crippen molar-refractivity contribution in [3.8, 4) is 0 Å². The van der Waals surface area contributed by atoms with Crippen LogP contribution in [0.1, 0.15) is 52.4 Å². The van der Waals surface area contributed by atoms with Crippen LogP contribution in [0.4, 0.5) is 0 Å². The number of carbonyl (C=O) groups is 1. The summed E-state index contributed by atoms with van der Waals surface area (Å²) in [5, 5.41) is 3.28. The van der Waals surface area contributed by atoms with Gasteiger partial charge in [0.05, 0.1) is 11.6 Å². The van der Waals surface area contributed by atoms with Gasteiger partial charge < -0.3 is 20.7 Å². The van der Waals surface area contributed by atoms with Crippen LogP contribution in [-0.4, -0.2) is 55.7 Å². The monoisotopic (exact) mass is 299 g/mol. The third kappa shape index (κ3) is 6.76. The Morgan fingerprint density at radius 3 is 2.81 bits per heavy atom. The van der Waals surface area contributed by atoms with Gasteiger partial charge >= 0.3 is 0 Å². The number of amides is 1. The summed E-state index contributed by atoms with van der Waals surface area (Å²) in [6.07, 6.45) is 6.69. The zero-order valence-corrected chi connectivity index (χ0v) is 14.0. The summed E-state index contributed by atoms with van der Waals surface area (Å²) in [5.74, 6) is -0.247. The van der Waals surface area contributed by atoms with Crippen LogP contribution < -0.4 is 11.1 Å². The van der Waals surface area contributed by atoms with E-state index < -0.39 is 5.54 Å². The van der Waals surface area contributed by atoms with E-state index in [0.29, 0.717) is 6.10 Å². The Kier molecular flexibility index (Phi) is 8.22. The number of unbranched alkanes of at least 4 members (excludes halogenated alkanes) is 1. The number of nitrogens with two attached hydrogens (primary N) is 1. The van der Waals surface area contributed by atoms with Gasteiger partial charge in [-0.2, -0.15) is 0 Å². The number of likely N-dealkylation sites (N-methyl/N-ethyl adjacent to an activating group) is 1. The highest BCUT2D eigenvalue weighted by atomic mass is 16.5. The van der Waals surface area contributed by atoms with Gasteiger partial charge in [-0.1, -0.05) is 6.92 Å². The maximum Gasteiger partial charge on any atom is 0.237 e. The molecule has 0 bridgehead atoms. The van der Waals surface area contributed by atoms with E-state index in [4.69, 9.17) is 10.5 Å². The molecule has 0 spiro atoms. The van der Waals surface area contributed by atoms with Gasteiger partial charge in [0.25, 0.3) is 0 Å². The topological polar surface area (TPSA) is 67.6 Å². The minimum absolute atomic E-state index is 0.247. The van der Waals surface area contributed by atoms with Crippen molar-refractivity contribution >= 4 is 5.91 Å². The van der Waals surface area contributed by atoms with Crippen molar-refractivity contribution in [3.05, 3.63) is 0 Å². The summed E-state index contributed by atoms with van der Waals surface area (Å²) in [5.41, 5.74) is 4.97. The van der Waals surface area contributed by atoms with Crippen molar-refractivity contribution in [2.24, 2.45) is 5.73 Å². The number of rotatable bonds is 11. The molecular weight excluding hydrogens is 266 g/mol. The van der Waals surface area contributed by atoms with E-state index in [-0.39, 0.29) is 5.91 Å². The molecule has 2 unspecified atom stereocenters. The van der Waals surface area contributed by atoms with Crippen LogP contribution in [-0.2, 0) is 9.53 Å². The second-order valence-electron chi connectivity index (χ2n) is 6.48. The molecule has 1 saturated heterocycles. The SMILES string of the molecule is CCCNC(C)(CCCCN(C)CC1CCCO1)C(N)=O. The highest BCUT2D eigenvalue weighted by Crippen LogP contribution is 2.15. The van der Waals surface area contributed by atoms with E-state index >= 15 is 0 Å². The molecule has 1 amide bonds. The van der Waals surface area contributed by atoms with E-state index in [0.717, 1.165) is 51.9 Å². The number of nitrogens with zero attached hydrogens (tertiary/aromatic N) is 1. The van der Waals surface area contributed by atoms with Gasteiger partial charge in [0.15, 0.2) is 0 Å². The van der Waals surface area contributed by atoms with Gasteiger partial charge in [-0.3, -0.25) is 4.79 Å². The normalized spacial score (nSPS) is 21.6. The fourth-order valence-electron chi connectivity index (χ4n) is 2.79. The number of primary amides is 1. The van der Waals surface area contributed by atoms with E-state index in [9.17, 15) is 4.79 Å². The highest BCUT2D eigenvalue weighted by molar-refractivity contribution is 5.84. The lowest BCUT2D eigenvalue weighted by Crippen LogP contribution is -2.53. The first kappa shape index (κ1) is 18.4. The Morgan fingerprint density at radius 2 is 2.24 bits per heavy atom. The quantitative estimate of drug-likeness (QED) is 0.568. The summed E-state index contributed by atoms with van der Waals surface area (Å²) in [4.78, 5) is 13.9. The molecule has 2 atom stereocenters. The van der Waals surface area contributed by atoms with E-state index in [1.165, 1.54) is 12.8 Å². The molecule has 0 radical (unpaired) electrons. The zero-order valence-electron chi connectivity index (χ0n) is 14.0. The predicted octanol–water partition coefficient (Wildman–Crippen LogP) is 1.51. The third-order valence-corrected chi connectivity index (χ3v) is 4.31. The standard InChI is InChI=1S/C16H33N3O2/c1-4-10-18-16(2,15(17)20)9-5-6-11-19(3)13-14-8-7-12-21-14/h14,18H,4-13H2,1-3H3,(H2,17,20). The van der Waals surface area contributed by atoms with Gasteiger partial charge in [-0.25, -0.2) is 0 Å². The molecule has 21 heavy (non-hydrogen) atoms. The van der Waals surface area contributed by atoms with Gasteiger partial charge in [-0.05, 0) is 65.6 Å². The van der Waals surface area contributed by atoms with E-state index in [2.05, 4.69) is 24.2 Å². The lowest BCUT2D eigenvalue weighted by molar-refractivity contribution is -0.124. The van der Waals surface area contributed by atoms with Crippen molar-refractivity contribution in [2.75, 3.05) is 33.3 Å². The molecule has 1 rings (SSSR count). The highest BCUT2D eigenvalue weighted by Gasteiger charge is 2.29. The Bertz CT molecular complexity index is 306. The number of ether oxygens (including phenoxy) is 1. The molecule has 0 aromatic heterocycles.